The number of benzene rings is 3. The van der Waals surface area contributed by atoms with Crippen molar-refractivity contribution in [3.8, 4) is 0 Å². The molecule has 0 saturated carbocycles. The van der Waals surface area contributed by atoms with Gasteiger partial charge in [-0.1, -0.05) is 70.7 Å². The molecule has 162 valence electrons. The number of nitro groups is 2. The maximum Gasteiger partial charge on any atom is 0.283 e. The standard InChI is InChI=1S/C22H12Cl4N2O4/c23-17-7-3-13(9-19(17)25)1-5-15-11-16(22(28(31)32)12-21(15)27(29)30)6-2-14-4-8-18(24)20(26)10-14/h1-12H/b5-1-,6-2-. The first-order valence-corrected chi connectivity index (χ1v) is 10.4. The Hall–Kier alpha value is -2.90. The Morgan fingerprint density at radius 3 is 1.31 bits per heavy atom. The molecule has 0 radical (unpaired) electrons. The maximum atomic E-state index is 11.5. The van der Waals surface area contributed by atoms with E-state index < -0.39 is 21.2 Å². The molecule has 10 heteroatoms. The minimum atomic E-state index is -0.673. The summed E-state index contributed by atoms with van der Waals surface area (Å²) < 4.78 is 0. The van der Waals surface area contributed by atoms with E-state index in [9.17, 15) is 20.2 Å². The Morgan fingerprint density at radius 2 is 0.969 bits per heavy atom. The molecule has 0 amide bonds. The van der Waals surface area contributed by atoms with Gasteiger partial charge in [-0.15, -0.1) is 0 Å². The summed E-state index contributed by atoms with van der Waals surface area (Å²) in [4.78, 5) is 21.7. The molecule has 0 bridgehead atoms. The van der Waals surface area contributed by atoms with E-state index in [1.165, 1.54) is 18.2 Å². The molecule has 3 aromatic rings. The molecule has 0 spiro atoms. The average molecular weight is 510 g/mol. The van der Waals surface area contributed by atoms with Crippen LogP contribution in [-0.4, -0.2) is 9.85 Å². The van der Waals surface area contributed by atoms with Crippen LogP contribution < -0.4 is 0 Å². The van der Waals surface area contributed by atoms with Gasteiger partial charge in [0.25, 0.3) is 11.4 Å². The molecule has 6 nitrogen and oxygen atoms in total. The van der Waals surface area contributed by atoms with E-state index in [0.717, 1.165) is 6.07 Å². The van der Waals surface area contributed by atoms with Crippen molar-refractivity contribution in [3.63, 3.8) is 0 Å². The average Bonchev–Trinajstić information content (AvgIpc) is 2.74. The first-order chi connectivity index (χ1) is 15.2. The molecule has 0 aromatic heterocycles. The number of nitrogens with zero attached hydrogens (tertiary/aromatic N) is 2. The predicted octanol–water partition coefficient (Wildman–Crippen LogP) is 8.46. The summed E-state index contributed by atoms with van der Waals surface area (Å²) in [6, 6.07) is 12.1. The van der Waals surface area contributed by atoms with E-state index in [0.29, 0.717) is 31.2 Å². The van der Waals surface area contributed by atoms with Crippen LogP contribution in [0.15, 0.2) is 48.5 Å². The van der Waals surface area contributed by atoms with E-state index in [1.54, 1.807) is 48.6 Å². The number of rotatable bonds is 6. The van der Waals surface area contributed by atoms with Crippen molar-refractivity contribution in [2.75, 3.05) is 0 Å². The molecule has 32 heavy (non-hydrogen) atoms. The molecular formula is C22H12Cl4N2O4. The van der Waals surface area contributed by atoms with E-state index >= 15 is 0 Å². The van der Waals surface area contributed by atoms with Crippen LogP contribution in [0.25, 0.3) is 24.3 Å². The lowest BCUT2D eigenvalue weighted by molar-refractivity contribution is -0.394. The van der Waals surface area contributed by atoms with Crippen LogP contribution in [0.1, 0.15) is 22.3 Å². The second kappa shape index (κ2) is 10.1. The lowest BCUT2D eigenvalue weighted by Gasteiger charge is -2.04. The highest BCUT2D eigenvalue weighted by Gasteiger charge is 2.22. The molecule has 0 unspecified atom stereocenters. The Balaban J connectivity index is 2.07. The van der Waals surface area contributed by atoms with E-state index in [4.69, 9.17) is 46.4 Å². The van der Waals surface area contributed by atoms with Gasteiger partial charge in [-0.2, -0.15) is 0 Å². The second-order valence-electron chi connectivity index (χ2n) is 6.50. The molecule has 0 N–H and O–H groups in total. The molecule has 0 atom stereocenters. The number of hydrogen-bond donors (Lipinski definition) is 0. The number of halogens is 4. The second-order valence-corrected chi connectivity index (χ2v) is 8.13. The fourth-order valence-electron chi connectivity index (χ4n) is 2.80. The van der Waals surface area contributed by atoms with Crippen LogP contribution in [0.2, 0.25) is 20.1 Å². The molecule has 0 heterocycles. The Kier molecular flexibility index (Phi) is 7.53. The Morgan fingerprint density at radius 1 is 0.562 bits per heavy atom. The van der Waals surface area contributed by atoms with Gasteiger partial charge in [0.15, 0.2) is 0 Å². The van der Waals surface area contributed by atoms with Gasteiger partial charge in [-0.05, 0) is 53.6 Å². The van der Waals surface area contributed by atoms with Gasteiger partial charge in [0.1, 0.15) is 0 Å². The van der Waals surface area contributed by atoms with Gasteiger partial charge < -0.3 is 0 Å². The zero-order valence-electron chi connectivity index (χ0n) is 16.0. The molecule has 3 rings (SSSR count). The smallest absolute Gasteiger partial charge is 0.258 e. The molecule has 3 aromatic carbocycles. The monoisotopic (exact) mass is 508 g/mol. The van der Waals surface area contributed by atoms with Gasteiger partial charge in [0.2, 0.25) is 0 Å². The van der Waals surface area contributed by atoms with Crippen LogP contribution in [0, 0.1) is 20.2 Å². The van der Waals surface area contributed by atoms with E-state index in [2.05, 4.69) is 0 Å². The summed E-state index contributed by atoms with van der Waals surface area (Å²) in [6.07, 6.45) is 6.17. The molecular weight excluding hydrogens is 498 g/mol. The minimum absolute atomic E-state index is 0.181. The highest BCUT2D eigenvalue weighted by Crippen LogP contribution is 2.32. The Bertz CT molecular complexity index is 1190. The van der Waals surface area contributed by atoms with Crippen molar-refractivity contribution in [3.05, 3.63) is 111 Å². The van der Waals surface area contributed by atoms with Gasteiger partial charge >= 0.3 is 0 Å². The van der Waals surface area contributed by atoms with Crippen LogP contribution in [0.5, 0.6) is 0 Å². The third-order valence-corrected chi connectivity index (χ3v) is 5.85. The first-order valence-electron chi connectivity index (χ1n) is 8.89. The minimum Gasteiger partial charge on any atom is -0.258 e. The summed E-state index contributed by atoms with van der Waals surface area (Å²) >= 11 is 23.8. The van der Waals surface area contributed by atoms with Gasteiger partial charge in [0, 0.05) is 0 Å². The molecule has 0 aliphatic rings. The predicted molar refractivity (Wildman–Crippen MR) is 131 cm³/mol. The van der Waals surface area contributed by atoms with Crippen LogP contribution in [0.3, 0.4) is 0 Å². The van der Waals surface area contributed by atoms with Crippen molar-refractivity contribution < 1.29 is 9.85 Å². The normalized spacial score (nSPS) is 11.4. The quantitative estimate of drug-likeness (QED) is 0.189. The molecule has 0 aliphatic heterocycles. The Labute approximate surface area is 202 Å². The lowest BCUT2D eigenvalue weighted by atomic mass is 10.0. The third kappa shape index (κ3) is 5.66. The summed E-state index contributed by atoms with van der Waals surface area (Å²) in [5, 5.41) is 24.5. The van der Waals surface area contributed by atoms with E-state index in [1.807, 2.05) is 0 Å². The summed E-state index contributed by atoms with van der Waals surface area (Å²) in [5.41, 5.74) is 0.861. The molecule has 0 saturated heterocycles. The topological polar surface area (TPSA) is 86.3 Å². The van der Waals surface area contributed by atoms with Crippen molar-refractivity contribution in [2.24, 2.45) is 0 Å². The fourth-order valence-corrected chi connectivity index (χ4v) is 3.41. The van der Waals surface area contributed by atoms with Crippen LogP contribution in [-0.2, 0) is 0 Å². The number of hydrogen-bond acceptors (Lipinski definition) is 4. The van der Waals surface area contributed by atoms with E-state index in [-0.39, 0.29) is 11.1 Å². The zero-order chi connectivity index (χ0) is 23.4. The molecule has 0 aliphatic carbocycles. The highest BCUT2D eigenvalue weighted by molar-refractivity contribution is 6.42. The van der Waals surface area contributed by atoms with Gasteiger partial charge in [-0.25, -0.2) is 0 Å². The first kappa shape index (κ1) is 23.8. The number of nitro benzene ring substituents is 2. The fraction of sp³-hybridized carbons (Fsp3) is 0. The highest BCUT2D eigenvalue weighted by atomic mass is 35.5. The third-order valence-electron chi connectivity index (χ3n) is 4.37. The van der Waals surface area contributed by atoms with Crippen molar-refractivity contribution in [1.29, 1.82) is 0 Å². The van der Waals surface area contributed by atoms with Crippen molar-refractivity contribution in [2.45, 2.75) is 0 Å². The lowest BCUT2D eigenvalue weighted by Crippen LogP contribution is -1.98. The SMILES string of the molecule is O=[N+]([O-])c1cc([N+](=O)[O-])c(/C=C\c2ccc(Cl)c(Cl)c2)cc1/C=C\c1ccc(Cl)c(Cl)c1. The zero-order valence-corrected chi connectivity index (χ0v) is 19.0. The summed E-state index contributed by atoms with van der Waals surface area (Å²) in [7, 11) is 0. The van der Waals surface area contributed by atoms with Gasteiger partial charge in [0.05, 0.1) is 47.1 Å². The van der Waals surface area contributed by atoms with Crippen LogP contribution >= 0.6 is 46.4 Å². The van der Waals surface area contributed by atoms with Crippen molar-refractivity contribution in [1.82, 2.24) is 0 Å². The molecule has 0 fully saturated rings. The summed E-state index contributed by atoms with van der Waals surface area (Å²) in [5.74, 6) is 0. The van der Waals surface area contributed by atoms with Crippen molar-refractivity contribution >= 4 is 82.1 Å². The van der Waals surface area contributed by atoms with Gasteiger partial charge in [-0.3, -0.25) is 20.2 Å². The maximum absolute atomic E-state index is 11.5. The largest absolute Gasteiger partial charge is 0.283 e. The summed E-state index contributed by atoms with van der Waals surface area (Å²) in [6.45, 7) is 0. The van der Waals surface area contributed by atoms with Crippen LogP contribution in [0.4, 0.5) is 11.4 Å².